The zero-order chi connectivity index (χ0) is 15.1. The summed E-state index contributed by atoms with van der Waals surface area (Å²) in [7, 11) is 0. The molecule has 1 aliphatic rings. The highest BCUT2D eigenvalue weighted by Crippen LogP contribution is 2.25. The van der Waals surface area contributed by atoms with Gasteiger partial charge in [-0.15, -0.1) is 12.4 Å². The van der Waals surface area contributed by atoms with Gasteiger partial charge in [0.25, 0.3) is 0 Å². The first-order chi connectivity index (χ1) is 10.2. The summed E-state index contributed by atoms with van der Waals surface area (Å²) in [5.41, 5.74) is 6.60. The third kappa shape index (κ3) is 6.07. The average molecular weight is 345 g/mol. The van der Waals surface area contributed by atoms with Gasteiger partial charge in [0, 0.05) is 5.69 Å². The molecule has 1 saturated carbocycles. The third-order valence-corrected chi connectivity index (χ3v) is 4.34. The van der Waals surface area contributed by atoms with Crippen molar-refractivity contribution in [3.8, 4) is 5.75 Å². The molecular formula is C16H25ClN2O2S. The van der Waals surface area contributed by atoms with Crippen molar-refractivity contribution in [1.29, 1.82) is 0 Å². The number of nitrogens with two attached hydrogens (primary N) is 1. The maximum atomic E-state index is 11.9. The van der Waals surface area contributed by atoms with Gasteiger partial charge in [-0.05, 0) is 68.4 Å². The van der Waals surface area contributed by atoms with Crippen molar-refractivity contribution in [2.45, 2.75) is 44.2 Å². The van der Waals surface area contributed by atoms with Crippen LogP contribution in [-0.4, -0.2) is 30.1 Å². The molecule has 0 bridgehead atoms. The molecule has 1 aromatic carbocycles. The predicted octanol–water partition coefficient (Wildman–Crippen LogP) is 3.45. The summed E-state index contributed by atoms with van der Waals surface area (Å²) in [6.07, 6.45) is 7.85. The third-order valence-electron chi connectivity index (χ3n) is 3.70. The minimum atomic E-state index is -0.452. The Kier molecular flexibility index (Phi) is 8.68. The number of rotatable bonds is 7. The molecule has 1 atom stereocenters. The Balaban J connectivity index is 0.00000242. The van der Waals surface area contributed by atoms with Gasteiger partial charge in [-0.2, -0.15) is 11.8 Å². The van der Waals surface area contributed by atoms with Gasteiger partial charge < -0.3 is 15.8 Å². The van der Waals surface area contributed by atoms with Crippen LogP contribution in [0, 0.1) is 0 Å². The van der Waals surface area contributed by atoms with E-state index in [2.05, 4.69) is 5.32 Å². The van der Waals surface area contributed by atoms with Crippen LogP contribution in [0.1, 0.15) is 32.1 Å². The summed E-state index contributed by atoms with van der Waals surface area (Å²) in [5.74, 6) is 1.63. The van der Waals surface area contributed by atoms with Gasteiger partial charge in [0.2, 0.25) is 5.91 Å². The minimum absolute atomic E-state index is 0. The first-order valence-corrected chi connectivity index (χ1v) is 8.90. The van der Waals surface area contributed by atoms with Crippen LogP contribution in [0.4, 0.5) is 5.69 Å². The van der Waals surface area contributed by atoms with Gasteiger partial charge >= 0.3 is 0 Å². The molecule has 124 valence electrons. The Bertz CT molecular complexity index is 450. The average Bonchev–Trinajstić information content (AvgIpc) is 2.99. The van der Waals surface area contributed by atoms with Crippen LogP contribution >= 0.6 is 24.2 Å². The highest BCUT2D eigenvalue weighted by Gasteiger charge is 2.16. The van der Waals surface area contributed by atoms with Gasteiger partial charge in [-0.3, -0.25) is 4.79 Å². The van der Waals surface area contributed by atoms with Gasteiger partial charge in [-0.1, -0.05) is 0 Å². The second-order valence-electron chi connectivity index (χ2n) is 5.43. The number of amides is 1. The molecule has 0 saturated heterocycles. The minimum Gasteiger partial charge on any atom is -0.490 e. The van der Waals surface area contributed by atoms with E-state index in [0.29, 0.717) is 12.5 Å². The van der Waals surface area contributed by atoms with Crippen LogP contribution in [0.5, 0.6) is 5.75 Å². The first-order valence-electron chi connectivity index (χ1n) is 7.51. The number of halogens is 1. The molecule has 0 aliphatic heterocycles. The van der Waals surface area contributed by atoms with Crippen molar-refractivity contribution < 1.29 is 9.53 Å². The molecule has 2 rings (SSSR count). The van der Waals surface area contributed by atoms with Crippen LogP contribution in [-0.2, 0) is 4.79 Å². The van der Waals surface area contributed by atoms with E-state index in [1.807, 2.05) is 30.5 Å². The van der Waals surface area contributed by atoms with Crippen molar-refractivity contribution in [2.75, 3.05) is 17.3 Å². The highest BCUT2D eigenvalue weighted by atomic mass is 35.5. The zero-order valence-electron chi connectivity index (χ0n) is 12.9. The number of hydrogen-bond acceptors (Lipinski definition) is 4. The lowest BCUT2D eigenvalue weighted by Gasteiger charge is -2.14. The van der Waals surface area contributed by atoms with Crippen molar-refractivity contribution in [2.24, 2.45) is 5.73 Å². The molecule has 0 heterocycles. The molecule has 0 spiro atoms. The van der Waals surface area contributed by atoms with E-state index in [0.717, 1.165) is 30.0 Å². The molecule has 1 aromatic rings. The summed E-state index contributed by atoms with van der Waals surface area (Å²) < 4.78 is 5.90. The number of thioether (sulfide) groups is 1. The van der Waals surface area contributed by atoms with Crippen LogP contribution in [0.25, 0.3) is 0 Å². The fraction of sp³-hybridized carbons (Fsp3) is 0.562. The van der Waals surface area contributed by atoms with E-state index >= 15 is 0 Å². The molecular weight excluding hydrogens is 320 g/mol. The topological polar surface area (TPSA) is 64.4 Å². The number of carbonyl (C=O) groups excluding carboxylic acids is 1. The van der Waals surface area contributed by atoms with Crippen LogP contribution in [0.15, 0.2) is 24.3 Å². The Labute approximate surface area is 143 Å². The Morgan fingerprint density at radius 2 is 2.00 bits per heavy atom. The SMILES string of the molecule is CSCC[C@H](N)C(=O)Nc1ccc(OC2CCCC2)cc1.Cl. The van der Waals surface area contributed by atoms with Crippen molar-refractivity contribution in [3.63, 3.8) is 0 Å². The quantitative estimate of drug-likeness (QED) is 0.795. The maximum absolute atomic E-state index is 11.9. The molecule has 22 heavy (non-hydrogen) atoms. The van der Waals surface area contributed by atoms with Crippen molar-refractivity contribution in [1.82, 2.24) is 0 Å². The van der Waals surface area contributed by atoms with Gasteiger partial charge in [0.05, 0.1) is 12.1 Å². The summed E-state index contributed by atoms with van der Waals surface area (Å²) in [6, 6.07) is 7.09. The van der Waals surface area contributed by atoms with E-state index in [-0.39, 0.29) is 18.3 Å². The van der Waals surface area contributed by atoms with E-state index in [1.165, 1.54) is 12.8 Å². The number of carbonyl (C=O) groups is 1. The summed E-state index contributed by atoms with van der Waals surface area (Å²) in [5, 5.41) is 2.84. The molecule has 0 aromatic heterocycles. The molecule has 1 aliphatic carbocycles. The number of ether oxygens (including phenoxy) is 1. The summed E-state index contributed by atoms with van der Waals surface area (Å²) in [6.45, 7) is 0. The monoisotopic (exact) mass is 344 g/mol. The Morgan fingerprint density at radius 3 is 2.59 bits per heavy atom. The lowest BCUT2D eigenvalue weighted by molar-refractivity contribution is -0.117. The number of anilines is 1. The fourth-order valence-electron chi connectivity index (χ4n) is 2.43. The lowest BCUT2D eigenvalue weighted by Crippen LogP contribution is -2.36. The molecule has 3 N–H and O–H groups in total. The van der Waals surface area contributed by atoms with Crippen molar-refractivity contribution >= 4 is 35.8 Å². The Morgan fingerprint density at radius 1 is 1.36 bits per heavy atom. The number of benzene rings is 1. The smallest absolute Gasteiger partial charge is 0.241 e. The van der Waals surface area contributed by atoms with Crippen LogP contribution < -0.4 is 15.8 Å². The highest BCUT2D eigenvalue weighted by molar-refractivity contribution is 7.98. The second-order valence-corrected chi connectivity index (χ2v) is 6.41. The zero-order valence-corrected chi connectivity index (χ0v) is 14.6. The summed E-state index contributed by atoms with van der Waals surface area (Å²) in [4.78, 5) is 11.9. The molecule has 0 unspecified atom stereocenters. The standard InChI is InChI=1S/C16H24N2O2S.ClH/c1-21-11-10-15(17)16(19)18-12-6-8-14(9-7-12)20-13-4-2-3-5-13;/h6-9,13,15H,2-5,10-11,17H2,1H3,(H,18,19);1H/t15-;/m0./s1. The Hall–Kier alpha value is -0.910. The second kappa shape index (κ2) is 9.98. The largest absolute Gasteiger partial charge is 0.490 e. The van der Waals surface area contributed by atoms with Crippen LogP contribution in [0.2, 0.25) is 0 Å². The van der Waals surface area contributed by atoms with E-state index in [1.54, 1.807) is 11.8 Å². The molecule has 4 nitrogen and oxygen atoms in total. The fourth-order valence-corrected chi connectivity index (χ4v) is 2.92. The van der Waals surface area contributed by atoms with E-state index in [9.17, 15) is 4.79 Å². The first kappa shape index (κ1) is 19.1. The van der Waals surface area contributed by atoms with Crippen molar-refractivity contribution in [3.05, 3.63) is 24.3 Å². The van der Waals surface area contributed by atoms with E-state index in [4.69, 9.17) is 10.5 Å². The lowest BCUT2D eigenvalue weighted by atomic mass is 10.2. The van der Waals surface area contributed by atoms with E-state index < -0.39 is 6.04 Å². The summed E-state index contributed by atoms with van der Waals surface area (Å²) >= 11 is 1.69. The van der Waals surface area contributed by atoms with Gasteiger partial charge in [0.1, 0.15) is 5.75 Å². The number of hydrogen-bond donors (Lipinski definition) is 2. The predicted molar refractivity (Wildman–Crippen MR) is 96.2 cm³/mol. The van der Waals surface area contributed by atoms with Gasteiger partial charge in [-0.25, -0.2) is 0 Å². The molecule has 0 radical (unpaired) electrons. The molecule has 6 heteroatoms. The molecule has 1 amide bonds. The number of nitrogens with one attached hydrogen (secondary N) is 1. The van der Waals surface area contributed by atoms with Crippen LogP contribution in [0.3, 0.4) is 0 Å². The molecule has 1 fully saturated rings. The normalized spacial score (nSPS) is 15.9. The van der Waals surface area contributed by atoms with Gasteiger partial charge in [0.15, 0.2) is 0 Å². The maximum Gasteiger partial charge on any atom is 0.241 e.